The fourth-order valence-electron chi connectivity index (χ4n) is 2.67. The number of nitrogens with zero attached hydrogens (tertiary/aromatic N) is 2. The Labute approximate surface area is 152 Å². The van der Waals surface area contributed by atoms with Crippen molar-refractivity contribution in [2.75, 3.05) is 6.54 Å². The van der Waals surface area contributed by atoms with E-state index in [1.54, 1.807) is 29.9 Å². The molecule has 3 aromatic rings. The van der Waals surface area contributed by atoms with E-state index >= 15 is 0 Å². The maximum absolute atomic E-state index is 12.9. The van der Waals surface area contributed by atoms with Crippen LogP contribution in [0.3, 0.4) is 0 Å². The second-order valence-corrected chi connectivity index (χ2v) is 7.77. The number of aryl methyl sites for hydroxylation is 1. The van der Waals surface area contributed by atoms with Crippen molar-refractivity contribution in [1.29, 1.82) is 0 Å². The fourth-order valence-corrected chi connectivity index (χ4v) is 3.89. The van der Waals surface area contributed by atoms with Gasteiger partial charge in [0.1, 0.15) is 10.7 Å². The van der Waals surface area contributed by atoms with Crippen LogP contribution in [0.25, 0.3) is 0 Å². The topological polar surface area (TPSA) is 64.0 Å². The lowest BCUT2D eigenvalue weighted by Gasteiger charge is -2.06. The van der Waals surface area contributed by atoms with E-state index in [1.807, 2.05) is 30.3 Å². The molecular weight excluding hydrogens is 353 g/mol. The van der Waals surface area contributed by atoms with Gasteiger partial charge in [-0.25, -0.2) is 17.5 Å². The second-order valence-electron chi connectivity index (χ2n) is 6.04. The zero-order chi connectivity index (χ0) is 18.6. The summed E-state index contributed by atoms with van der Waals surface area (Å²) in [7, 11) is -3.65. The average Bonchev–Trinajstić information content (AvgIpc) is 2.99. The Kier molecular flexibility index (Phi) is 5.49. The van der Waals surface area contributed by atoms with Crippen LogP contribution in [0.1, 0.15) is 16.8 Å². The zero-order valence-electron chi connectivity index (χ0n) is 14.4. The molecule has 0 unspecified atom stereocenters. The van der Waals surface area contributed by atoms with Gasteiger partial charge in [-0.05, 0) is 36.6 Å². The van der Waals surface area contributed by atoms with E-state index in [0.717, 1.165) is 11.1 Å². The standard InChI is InChI=1S/C19H20FN3O2S/c1-15-19(14-23(22-15)13-17-5-3-2-4-6-17)26(24,25)21-12-11-16-7-9-18(20)10-8-16/h2-10,14,21H,11-13H2,1H3. The van der Waals surface area contributed by atoms with Gasteiger partial charge >= 0.3 is 0 Å². The first-order valence-electron chi connectivity index (χ1n) is 8.26. The van der Waals surface area contributed by atoms with E-state index in [2.05, 4.69) is 9.82 Å². The summed E-state index contributed by atoms with van der Waals surface area (Å²) in [5.41, 5.74) is 2.36. The first kappa shape index (κ1) is 18.3. The van der Waals surface area contributed by atoms with Gasteiger partial charge in [-0.15, -0.1) is 0 Å². The van der Waals surface area contributed by atoms with Crippen LogP contribution in [-0.2, 0) is 23.0 Å². The van der Waals surface area contributed by atoms with Gasteiger partial charge in [-0.1, -0.05) is 42.5 Å². The molecule has 5 nitrogen and oxygen atoms in total. The molecule has 136 valence electrons. The van der Waals surface area contributed by atoms with Gasteiger partial charge in [0.15, 0.2) is 0 Å². The van der Waals surface area contributed by atoms with Crippen LogP contribution in [-0.4, -0.2) is 24.7 Å². The van der Waals surface area contributed by atoms with Crippen molar-refractivity contribution in [3.63, 3.8) is 0 Å². The molecular formula is C19H20FN3O2S. The normalized spacial score (nSPS) is 11.6. The van der Waals surface area contributed by atoms with Crippen molar-refractivity contribution in [2.24, 2.45) is 0 Å². The number of halogens is 1. The van der Waals surface area contributed by atoms with E-state index in [0.29, 0.717) is 18.7 Å². The molecule has 0 radical (unpaired) electrons. The Balaban J connectivity index is 1.66. The molecule has 1 aromatic heterocycles. The molecule has 7 heteroatoms. The van der Waals surface area contributed by atoms with Gasteiger partial charge in [0, 0.05) is 12.7 Å². The Hall–Kier alpha value is -2.51. The predicted molar refractivity (Wildman–Crippen MR) is 97.8 cm³/mol. The Morgan fingerprint density at radius 3 is 2.42 bits per heavy atom. The number of benzene rings is 2. The summed E-state index contributed by atoms with van der Waals surface area (Å²) >= 11 is 0. The fraction of sp³-hybridized carbons (Fsp3) is 0.211. The maximum atomic E-state index is 12.9. The number of hydrogen-bond acceptors (Lipinski definition) is 3. The van der Waals surface area contributed by atoms with Crippen LogP contribution < -0.4 is 4.72 Å². The molecule has 1 N–H and O–H groups in total. The van der Waals surface area contributed by atoms with Crippen molar-refractivity contribution < 1.29 is 12.8 Å². The highest BCUT2D eigenvalue weighted by atomic mass is 32.2. The largest absolute Gasteiger partial charge is 0.267 e. The number of nitrogens with one attached hydrogen (secondary N) is 1. The number of aromatic nitrogens is 2. The lowest BCUT2D eigenvalue weighted by Crippen LogP contribution is -2.26. The van der Waals surface area contributed by atoms with E-state index in [4.69, 9.17) is 0 Å². The van der Waals surface area contributed by atoms with Gasteiger partial charge in [0.25, 0.3) is 0 Å². The van der Waals surface area contributed by atoms with Crippen LogP contribution in [0.5, 0.6) is 0 Å². The first-order valence-corrected chi connectivity index (χ1v) is 9.74. The summed E-state index contributed by atoms with van der Waals surface area (Å²) in [6.45, 7) is 2.42. The van der Waals surface area contributed by atoms with E-state index in [-0.39, 0.29) is 17.3 Å². The van der Waals surface area contributed by atoms with Crippen molar-refractivity contribution >= 4 is 10.0 Å². The lowest BCUT2D eigenvalue weighted by molar-refractivity contribution is 0.580. The molecule has 0 aliphatic carbocycles. The molecule has 0 saturated carbocycles. The van der Waals surface area contributed by atoms with Crippen LogP contribution in [0, 0.1) is 12.7 Å². The van der Waals surface area contributed by atoms with Crippen molar-refractivity contribution in [3.05, 3.63) is 83.4 Å². The minimum Gasteiger partial charge on any atom is -0.267 e. The summed E-state index contributed by atoms with van der Waals surface area (Å²) in [5, 5.41) is 4.30. The quantitative estimate of drug-likeness (QED) is 0.693. The maximum Gasteiger partial charge on any atom is 0.243 e. The number of rotatable bonds is 7. The Morgan fingerprint density at radius 2 is 1.73 bits per heavy atom. The molecule has 0 bridgehead atoms. The van der Waals surface area contributed by atoms with Crippen LogP contribution in [0.15, 0.2) is 65.7 Å². The molecule has 0 aliphatic heterocycles. The van der Waals surface area contributed by atoms with Gasteiger partial charge in [0.2, 0.25) is 10.0 Å². The van der Waals surface area contributed by atoms with Gasteiger partial charge in [-0.3, -0.25) is 4.68 Å². The summed E-state index contributed by atoms with van der Waals surface area (Å²) in [5.74, 6) is -0.309. The molecule has 26 heavy (non-hydrogen) atoms. The molecule has 3 rings (SSSR count). The smallest absolute Gasteiger partial charge is 0.243 e. The molecule has 0 spiro atoms. The Morgan fingerprint density at radius 1 is 1.04 bits per heavy atom. The number of sulfonamides is 1. The highest BCUT2D eigenvalue weighted by molar-refractivity contribution is 7.89. The van der Waals surface area contributed by atoms with Crippen molar-refractivity contribution in [2.45, 2.75) is 24.8 Å². The van der Waals surface area contributed by atoms with E-state index in [9.17, 15) is 12.8 Å². The van der Waals surface area contributed by atoms with Crippen LogP contribution in [0.2, 0.25) is 0 Å². The lowest BCUT2D eigenvalue weighted by atomic mass is 10.1. The molecule has 2 aromatic carbocycles. The molecule has 0 saturated heterocycles. The summed E-state index contributed by atoms with van der Waals surface area (Å²) < 4.78 is 42.2. The van der Waals surface area contributed by atoms with Crippen molar-refractivity contribution in [1.82, 2.24) is 14.5 Å². The monoisotopic (exact) mass is 373 g/mol. The predicted octanol–water partition coefficient (Wildman–Crippen LogP) is 2.90. The highest BCUT2D eigenvalue weighted by Crippen LogP contribution is 2.14. The summed E-state index contributed by atoms with van der Waals surface area (Å²) in [6, 6.07) is 15.7. The van der Waals surface area contributed by atoms with E-state index < -0.39 is 10.0 Å². The summed E-state index contributed by atoms with van der Waals surface area (Å²) in [6.07, 6.45) is 2.03. The highest BCUT2D eigenvalue weighted by Gasteiger charge is 2.20. The van der Waals surface area contributed by atoms with Gasteiger partial charge < -0.3 is 0 Å². The third kappa shape index (κ3) is 4.56. The Bertz CT molecular complexity index is 968. The van der Waals surface area contributed by atoms with Crippen LogP contribution >= 0.6 is 0 Å². The third-order valence-corrected chi connectivity index (χ3v) is 5.56. The minimum absolute atomic E-state index is 0.174. The molecule has 0 amide bonds. The van der Waals surface area contributed by atoms with Gasteiger partial charge in [-0.2, -0.15) is 5.10 Å². The third-order valence-electron chi connectivity index (χ3n) is 4.00. The second kappa shape index (κ2) is 7.80. The van der Waals surface area contributed by atoms with Gasteiger partial charge in [0.05, 0.1) is 12.2 Å². The number of hydrogen-bond donors (Lipinski definition) is 1. The molecule has 0 fully saturated rings. The average molecular weight is 373 g/mol. The van der Waals surface area contributed by atoms with Crippen molar-refractivity contribution in [3.8, 4) is 0 Å². The minimum atomic E-state index is -3.65. The molecule has 0 atom stereocenters. The summed E-state index contributed by atoms with van der Waals surface area (Å²) in [4.78, 5) is 0.174. The van der Waals surface area contributed by atoms with E-state index in [1.165, 1.54) is 12.1 Å². The van der Waals surface area contributed by atoms with Crippen LogP contribution in [0.4, 0.5) is 4.39 Å². The molecule has 0 aliphatic rings. The zero-order valence-corrected chi connectivity index (χ0v) is 15.2. The SMILES string of the molecule is Cc1nn(Cc2ccccc2)cc1S(=O)(=O)NCCc1ccc(F)cc1. The molecule has 1 heterocycles. The first-order chi connectivity index (χ1) is 12.4.